The average Bonchev–Trinajstić information content (AvgIpc) is 2.91. The van der Waals surface area contributed by atoms with Crippen molar-refractivity contribution >= 4 is 18.0 Å². The number of amides is 2. The summed E-state index contributed by atoms with van der Waals surface area (Å²) in [4.78, 5) is 27.5. The van der Waals surface area contributed by atoms with Gasteiger partial charge in [0.05, 0.1) is 26.5 Å². The first-order chi connectivity index (χ1) is 17.1. The van der Waals surface area contributed by atoms with Gasteiger partial charge >= 0.3 is 0 Å². The third-order valence-corrected chi connectivity index (χ3v) is 6.16. The van der Waals surface area contributed by atoms with Crippen molar-refractivity contribution in [3.8, 4) is 11.5 Å². The Morgan fingerprint density at radius 3 is 2.46 bits per heavy atom. The highest BCUT2D eigenvalue weighted by Gasteiger charge is 2.26. The van der Waals surface area contributed by atoms with Gasteiger partial charge in [-0.05, 0) is 81.1 Å². The van der Waals surface area contributed by atoms with Crippen molar-refractivity contribution in [3.63, 3.8) is 0 Å². The normalized spacial score (nSPS) is 14.9. The van der Waals surface area contributed by atoms with E-state index in [0.717, 1.165) is 50.8 Å². The second-order valence-corrected chi connectivity index (χ2v) is 8.58. The second kappa shape index (κ2) is 14.1. The molecule has 1 aliphatic rings. The fourth-order valence-electron chi connectivity index (χ4n) is 4.24. The van der Waals surface area contributed by atoms with Gasteiger partial charge in [0.1, 0.15) is 0 Å². The summed E-state index contributed by atoms with van der Waals surface area (Å²) in [7, 11) is 3.17. The number of hydrogen-bond donors (Lipinski definition) is 2. The van der Waals surface area contributed by atoms with Crippen molar-refractivity contribution in [1.29, 1.82) is 0 Å². The van der Waals surface area contributed by atoms with Crippen molar-refractivity contribution < 1.29 is 19.1 Å². The van der Waals surface area contributed by atoms with Crippen LogP contribution in [0.3, 0.4) is 0 Å². The molecule has 8 heteroatoms. The van der Waals surface area contributed by atoms with Gasteiger partial charge in [-0.1, -0.05) is 24.6 Å². The number of rotatable bonds is 12. The molecular weight excluding hydrogens is 444 g/mol. The maximum absolute atomic E-state index is 13.0. The summed E-state index contributed by atoms with van der Waals surface area (Å²) in [5, 5.41) is 7.14. The molecule has 0 saturated carbocycles. The molecule has 0 bridgehead atoms. The van der Waals surface area contributed by atoms with Crippen LogP contribution in [0.1, 0.15) is 54.4 Å². The Labute approximate surface area is 207 Å². The number of methoxy groups -OCH3 is 2. The van der Waals surface area contributed by atoms with Crippen LogP contribution in [0.2, 0.25) is 0 Å². The van der Waals surface area contributed by atoms with E-state index in [1.54, 1.807) is 44.7 Å². The number of piperidine rings is 1. The lowest BCUT2D eigenvalue weighted by Crippen LogP contribution is -2.47. The van der Waals surface area contributed by atoms with Crippen molar-refractivity contribution in [2.24, 2.45) is 5.10 Å². The van der Waals surface area contributed by atoms with Crippen LogP contribution < -0.4 is 20.2 Å². The molecule has 1 atom stereocenters. The molecule has 1 fully saturated rings. The van der Waals surface area contributed by atoms with Crippen LogP contribution in [0.15, 0.2) is 53.6 Å². The van der Waals surface area contributed by atoms with Crippen LogP contribution in [-0.2, 0) is 4.79 Å². The zero-order chi connectivity index (χ0) is 24.9. The topological polar surface area (TPSA) is 92.3 Å². The number of nitrogens with one attached hydrogen (secondary N) is 2. The third-order valence-electron chi connectivity index (χ3n) is 6.16. The first kappa shape index (κ1) is 26.2. The Morgan fingerprint density at radius 1 is 1.00 bits per heavy atom. The molecule has 188 valence electrons. The van der Waals surface area contributed by atoms with E-state index in [1.807, 2.05) is 24.3 Å². The molecule has 2 aromatic carbocycles. The van der Waals surface area contributed by atoms with E-state index in [9.17, 15) is 9.59 Å². The van der Waals surface area contributed by atoms with Crippen LogP contribution in [-0.4, -0.2) is 62.8 Å². The summed E-state index contributed by atoms with van der Waals surface area (Å²) < 4.78 is 10.6. The molecule has 1 saturated heterocycles. The molecule has 2 N–H and O–H groups in total. The van der Waals surface area contributed by atoms with Crippen LogP contribution in [0.25, 0.3) is 0 Å². The van der Waals surface area contributed by atoms with Crippen molar-refractivity contribution in [2.45, 2.75) is 44.6 Å². The molecule has 2 aromatic rings. The molecule has 2 amide bonds. The number of hydrazone groups is 1. The number of unbranched alkanes of at least 4 members (excludes halogenated alkanes) is 1. The largest absolute Gasteiger partial charge is 0.493 e. The number of carbonyl (C=O) groups is 2. The standard InChI is InChI=1S/C27H36N4O4/c1-34-24-15-14-21(19-25(24)35-2)20-29-30-27(33)23(31-17-9-4-10-18-31)13-7-8-16-28-26(32)22-11-5-3-6-12-22/h3,5-6,11-12,14-15,19-20,23H,4,7-10,13,16-18H2,1-2H3,(H,28,32)(H,30,33). The molecule has 1 heterocycles. The summed E-state index contributed by atoms with van der Waals surface area (Å²) in [6.07, 6.45) is 7.38. The van der Waals surface area contributed by atoms with E-state index in [0.29, 0.717) is 23.6 Å². The molecule has 35 heavy (non-hydrogen) atoms. The molecule has 0 aliphatic carbocycles. The number of carbonyl (C=O) groups excluding carboxylic acids is 2. The number of ether oxygens (including phenoxy) is 2. The van der Waals surface area contributed by atoms with E-state index in [-0.39, 0.29) is 17.9 Å². The average molecular weight is 481 g/mol. The molecule has 8 nitrogen and oxygen atoms in total. The maximum Gasteiger partial charge on any atom is 0.257 e. The zero-order valence-corrected chi connectivity index (χ0v) is 20.7. The van der Waals surface area contributed by atoms with Crippen LogP contribution in [0.4, 0.5) is 0 Å². The first-order valence-electron chi connectivity index (χ1n) is 12.2. The highest BCUT2D eigenvalue weighted by Crippen LogP contribution is 2.26. The quantitative estimate of drug-likeness (QED) is 0.275. The summed E-state index contributed by atoms with van der Waals surface area (Å²) in [5.41, 5.74) is 4.18. The van der Waals surface area contributed by atoms with Gasteiger partial charge in [0.2, 0.25) is 0 Å². The Hall–Kier alpha value is -3.39. The van der Waals surface area contributed by atoms with Crippen LogP contribution in [0.5, 0.6) is 11.5 Å². The Bertz CT molecular complexity index is 974. The summed E-state index contributed by atoms with van der Waals surface area (Å²) in [5.74, 6) is 1.07. The van der Waals surface area contributed by atoms with Gasteiger partial charge < -0.3 is 14.8 Å². The highest BCUT2D eigenvalue weighted by molar-refractivity contribution is 5.94. The number of hydrogen-bond acceptors (Lipinski definition) is 6. The molecule has 3 rings (SSSR count). The van der Waals surface area contributed by atoms with Crippen molar-refractivity contribution in [1.82, 2.24) is 15.6 Å². The highest BCUT2D eigenvalue weighted by atomic mass is 16.5. The predicted octanol–water partition coefficient (Wildman–Crippen LogP) is 3.61. The summed E-state index contributed by atoms with van der Waals surface area (Å²) in [6, 6.07) is 14.4. The smallest absolute Gasteiger partial charge is 0.257 e. The number of likely N-dealkylation sites (tertiary alicyclic amines) is 1. The zero-order valence-electron chi connectivity index (χ0n) is 20.7. The monoisotopic (exact) mass is 480 g/mol. The van der Waals surface area contributed by atoms with Crippen molar-refractivity contribution in [3.05, 3.63) is 59.7 Å². The Morgan fingerprint density at radius 2 is 1.74 bits per heavy atom. The van der Waals surface area contributed by atoms with Crippen LogP contribution >= 0.6 is 0 Å². The minimum absolute atomic E-state index is 0.0691. The molecule has 0 radical (unpaired) electrons. The summed E-state index contributed by atoms with van der Waals surface area (Å²) >= 11 is 0. The third kappa shape index (κ3) is 8.10. The molecular formula is C27H36N4O4. The Kier molecular flexibility index (Phi) is 10.6. The van der Waals surface area contributed by atoms with Gasteiger partial charge in [0.25, 0.3) is 11.8 Å². The second-order valence-electron chi connectivity index (χ2n) is 8.58. The summed E-state index contributed by atoms with van der Waals surface area (Å²) in [6.45, 7) is 2.42. The maximum atomic E-state index is 13.0. The van der Waals surface area contributed by atoms with E-state index in [4.69, 9.17) is 9.47 Å². The van der Waals surface area contributed by atoms with E-state index in [2.05, 4.69) is 20.7 Å². The van der Waals surface area contributed by atoms with Gasteiger partial charge in [-0.25, -0.2) is 5.43 Å². The molecule has 1 unspecified atom stereocenters. The first-order valence-corrected chi connectivity index (χ1v) is 12.2. The lowest BCUT2D eigenvalue weighted by atomic mass is 10.0. The lowest BCUT2D eigenvalue weighted by Gasteiger charge is -2.33. The predicted molar refractivity (Wildman–Crippen MR) is 137 cm³/mol. The molecule has 0 spiro atoms. The molecule has 1 aliphatic heterocycles. The SMILES string of the molecule is COc1ccc(C=NNC(=O)C(CCCCNC(=O)c2ccccc2)N2CCCCC2)cc1OC. The fourth-order valence-corrected chi connectivity index (χ4v) is 4.24. The minimum atomic E-state index is -0.234. The van der Waals surface area contributed by atoms with E-state index in [1.165, 1.54) is 6.42 Å². The Balaban J connectivity index is 1.51. The van der Waals surface area contributed by atoms with Crippen molar-refractivity contribution in [2.75, 3.05) is 33.9 Å². The molecule has 0 aromatic heterocycles. The minimum Gasteiger partial charge on any atom is -0.493 e. The van der Waals surface area contributed by atoms with E-state index >= 15 is 0 Å². The van der Waals surface area contributed by atoms with Gasteiger partial charge in [0, 0.05) is 12.1 Å². The number of nitrogens with zero attached hydrogens (tertiary/aromatic N) is 2. The van der Waals surface area contributed by atoms with Gasteiger partial charge in [-0.3, -0.25) is 14.5 Å². The van der Waals surface area contributed by atoms with E-state index < -0.39 is 0 Å². The number of benzene rings is 2. The van der Waals surface area contributed by atoms with Crippen LogP contribution in [0, 0.1) is 0 Å². The van der Waals surface area contributed by atoms with Gasteiger partial charge in [0.15, 0.2) is 11.5 Å². The van der Waals surface area contributed by atoms with Gasteiger partial charge in [-0.15, -0.1) is 0 Å². The lowest BCUT2D eigenvalue weighted by molar-refractivity contribution is -0.127. The fraction of sp³-hybridized carbons (Fsp3) is 0.444. The van der Waals surface area contributed by atoms with Gasteiger partial charge in [-0.2, -0.15) is 5.10 Å².